The van der Waals surface area contributed by atoms with Crippen LogP contribution >= 0.6 is 0 Å². The molecule has 1 aromatic heterocycles. The normalized spacial score (nSPS) is 11.4. The highest BCUT2D eigenvalue weighted by Crippen LogP contribution is 2.17. The van der Waals surface area contributed by atoms with E-state index in [9.17, 15) is 9.59 Å². The number of aromatic nitrogens is 1. The van der Waals surface area contributed by atoms with E-state index in [1.807, 2.05) is 37.3 Å². The average molecular weight is 375 g/mol. The molecule has 0 saturated heterocycles. The highest BCUT2D eigenvalue weighted by molar-refractivity contribution is 6.04. The summed E-state index contributed by atoms with van der Waals surface area (Å²) in [7, 11) is 1.56. The Labute approximate surface area is 163 Å². The van der Waals surface area contributed by atoms with E-state index in [0.717, 1.165) is 5.56 Å². The summed E-state index contributed by atoms with van der Waals surface area (Å²) in [6.45, 7) is 1.90. The number of methoxy groups -OCH3 is 1. The highest BCUT2D eigenvalue weighted by Gasteiger charge is 2.15. The van der Waals surface area contributed by atoms with Crippen molar-refractivity contribution in [2.45, 2.75) is 13.0 Å². The van der Waals surface area contributed by atoms with E-state index in [2.05, 4.69) is 15.6 Å². The van der Waals surface area contributed by atoms with Crippen LogP contribution in [0.5, 0.6) is 5.75 Å². The maximum Gasteiger partial charge on any atom is 0.274 e. The van der Waals surface area contributed by atoms with Crippen molar-refractivity contribution in [1.29, 1.82) is 0 Å². The van der Waals surface area contributed by atoms with Crippen molar-refractivity contribution >= 4 is 17.5 Å². The SMILES string of the molecule is COc1cccc(NC(=O)c2cccc(C(=O)NC(C)c3ccccc3)n2)c1. The first kappa shape index (κ1) is 19.1. The van der Waals surface area contributed by atoms with Gasteiger partial charge in [-0.05, 0) is 36.8 Å². The molecule has 0 spiro atoms. The molecule has 3 rings (SSSR count). The topological polar surface area (TPSA) is 80.3 Å². The van der Waals surface area contributed by atoms with Gasteiger partial charge in [0.05, 0.1) is 13.2 Å². The number of carbonyl (C=O) groups is 2. The first-order chi connectivity index (χ1) is 13.6. The van der Waals surface area contributed by atoms with Crippen molar-refractivity contribution in [3.05, 3.63) is 89.7 Å². The van der Waals surface area contributed by atoms with Crippen LogP contribution in [0.3, 0.4) is 0 Å². The minimum atomic E-state index is -0.404. The van der Waals surface area contributed by atoms with Gasteiger partial charge in [0.2, 0.25) is 0 Å². The molecule has 142 valence electrons. The number of ether oxygens (including phenoxy) is 1. The second-order valence-electron chi connectivity index (χ2n) is 6.20. The summed E-state index contributed by atoms with van der Waals surface area (Å²) in [6.07, 6.45) is 0. The number of hydrogen-bond acceptors (Lipinski definition) is 4. The maximum absolute atomic E-state index is 12.5. The molecule has 0 aliphatic carbocycles. The summed E-state index contributed by atoms with van der Waals surface area (Å²) in [5, 5.41) is 5.65. The summed E-state index contributed by atoms with van der Waals surface area (Å²) in [6, 6.07) is 21.2. The molecule has 2 N–H and O–H groups in total. The van der Waals surface area contributed by atoms with Gasteiger partial charge in [-0.25, -0.2) is 4.98 Å². The molecule has 1 unspecified atom stereocenters. The molecule has 1 atom stereocenters. The summed E-state index contributed by atoms with van der Waals surface area (Å²) in [5.41, 5.74) is 1.91. The second kappa shape index (κ2) is 8.81. The van der Waals surface area contributed by atoms with E-state index in [0.29, 0.717) is 11.4 Å². The molecular weight excluding hydrogens is 354 g/mol. The lowest BCUT2D eigenvalue weighted by Gasteiger charge is -2.14. The Kier molecular flexibility index (Phi) is 6.01. The largest absolute Gasteiger partial charge is 0.497 e. The predicted molar refractivity (Wildman–Crippen MR) is 108 cm³/mol. The fraction of sp³-hybridized carbons (Fsp3) is 0.136. The lowest BCUT2D eigenvalue weighted by atomic mass is 10.1. The van der Waals surface area contributed by atoms with Gasteiger partial charge in [0.15, 0.2) is 0 Å². The number of amides is 2. The Morgan fingerprint density at radius 3 is 2.29 bits per heavy atom. The number of nitrogens with one attached hydrogen (secondary N) is 2. The summed E-state index contributed by atoms with van der Waals surface area (Å²) in [4.78, 5) is 29.2. The van der Waals surface area contributed by atoms with Crippen LogP contribution in [0.1, 0.15) is 39.5 Å². The lowest BCUT2D eigenvalue weighted by Crippen LogP contribution is -2.28. The second-order valence-corrected chi connectivity index (χ2v) is 6.20. The number of carbonyl (C=O) groups excluding carboxylic acids is 2. The third-order valence-corrected chi connectivity index (χ3v) is 4.19. The lowest BCUT2D eigenvalue weighted by molar-refractivity contribution is 0.0934. The van der Waals surface area contributed by atoms with Crippen molar-refractivity contribution in [1.82, 2.24) is 10.3 Å². The summed E-state index contributed by atoms with van der Waals surface area (Å²) >= 11 is 0. The van der Waals surface area contributed by atoms with Crippen LogP contribution in [0, 0.1) is 0 Å². The minimum absolute atomic E-state index is 0.155. The molecule has 0 fully saturated rings. The van der Waals surface area contributed by atoms with E-state index in [1.165, 1.54) is 0 Å². The Morgan fingerprint density at radius 2 is 1.57 bits per heavy atom. The van der Waals surface area contributed by atoms with E-state index in [-0.39, 0.29) is 23.3 Å². The van der Waals surface area contributed by atoms with Crippen LogP contribution in [0.2, 0.25) is 0 Å². The van der Waals surface area contributed by atoms with Crippen LogP contribution in [-0.4, -0.2) is 23.9 Å². The zero-order chi connectivity index (χ0) is 19.9. The van der Waals surface area contributed by atoms with Crippen molar-refractivity contribution in [2.24, 2.45) is 0 Å². The zero-order valence-corrected chi connectivity index (χ0v) is 15.7. The Bertz CT molecular complexity index is 974. The van der Waals surface area contributed by atoms with Crippen LogP contribution in [-0.2, 0) is 0 Å². The van der Waals surface area contributed by atoms with Crippen molar-refractivity contribution in [2.75, 3.05) is 12.4 Å². The zero-order valence-electron chi connectivity index (χ0n) is 15.7. The maximum atomic E-state index is 12.5. The molecule has 28 heavy (non-hydrogen) atoms. The fourth-order valence-electron chi connectivity index (χ4n) is 2.68. The number of nitrogens with zero attached hydrogens (tertiary/aromatic N) is 1. The predicted octanol–water partition coefficient (Wildman–Crippen LogP) is 3.83. The van der Waals surface area contributed by atoms with Crippen molar-refractivity contribution < 1.29 is 14.3 Å². The fourth-order valence-corrected chi connectivity index (χ4v) is 2.68. The van der Waals surface area contributed by atoms with Gasteiger partial charge in [-0.2, -0.15) is 0 Å². The number of pyridine rings is 1. The van der Waals surface area contributed by atoms with Gasteiger partial charge in [0, 0.05) is 11.8 Å². The molecular formula is C22H21N3O3. The van der Waals surface area contributed by atoms with Gasteiger partial charge in [0.1, 0.15) is 17.1 Å². The van der Waals surface area contributed by atoms with E-state index < -0.39 is 5.91 Å². The van der Waals surface area contributed by atoms with Crippen LogP contribution in [0.25, 0.3) is 0 Å². The molecule has 0 aliphatic heterocycles. The summed E-state index contributed by atoms with van der Waals surface area (Å²) < 4.78 is 5.15. The Morgan fingerprint density at radius 1 is 0.893 bits per heavy atom. The quantitative estimate of drug-likeness (QED) is 0.686. The Balaban J connectivity index is 1.70. The number of rotatable bonds is 6. The van der Waals surface area contributed by atoms with Crippen molar-refractivity contribution in [3.8, 4) is 5.75 Å². The molecule has 3 aromatic rings. The van der Waals surface area contributed by atoms with E-state index in [1.54, 1.807) is 49.6 Å². The Hall–Kier alpha value is -3.67. The van der Waals surface area contributed by atoms with E-state index >= 15 is 0 Å². The van der Waals surface area contributed by atoms with E-state index in [4.69, 9.17) is 4.74 Å². The first-order valence-corrected chi connectivity index (χ1v) is 8.85. The third-order valence-electron chi connectivity index (χ3n) is 4.19. The molecule has 0 aliphatic rings. The van der Waals surface area contributed by atoms with Gasteiger partial charge in [-0.3, -0.25) is 9.59 Å². The molecule has 0 radical (unpaired) electrons. The van der Waals surface area contributed by atoms with Gasteiger partial charge in [-0.1, -0.05) is 42.5 Å². The summed E-state index contributed by atoms with van der Waals surface area (Å²) in [5.74, 6) is -0.111. The average Bonchev–Trinajstić information content (AvgIpc) is 2.74. The number of hydrogen-bond donors (Lipinski definition) is 2. The van der Waals surface area contributed by atoms with Crippen LogP contribution in [0.4, 0.5) is 5.69 Å². The first-order valence-electron chi connectivity index (χ1n) is 8.85. The number of anilines is 1. The van der Waals surface area contributed by atoms with Crippen molar-refractivity contribution in [3.63, 3.8) is 0 Å². The van der Waals surface area contributed by atoms with Gasteiger partial charge in [0.25, 0.3) is 11.8 Å². The molecule has 2 amide bonds. The minimum Gasteiger partial charge on any atom is -0.497 e. The molecule has 1 heterocycles. The molecule has 6 nitrogen and oxygen atoms in total. The molecule has 2 aromatic carbocycles. The van der Waals surface area contributed by atoms with Gasteiger partial charge < -0.3 is 15.4 Å². The third kappa shape index (κ3) is 4.73. The van der Waals surface area contributed by atoms with Crippen LogP contribution < -0.4 is 15.4 Å². The molecule has 0 saturated carbocycles. The molecule has 6 heteroatoms. The van der Waals surface area contributed by atoms with Gasteiger partial charge >= 0.3 is 0 Å². The van der Waals surface area contributed by atoms with Gasteiger partial charge in [-0.15, -0.1) is 0 Å². The smallest absolute Gasteiger partial charge is 0.274 e. The monoisotopic (exact) mass is 375 g/mol. The highest BCUT2D eigenvalue weighted by atomic mass is 16.5. The molecule has 0 bridgehead atoms. The standard InChI is InChI=1S/C22H21N3O3/c1-15(16-8-4-3-5-9-16)23-21(26)19-12-7-13-20(25-19)22(27)24-17-10-6-11-18(14-17)28-2/h3-15H,1-2H3,(H,23,26)(H,24,27). The van der Waals surface area contributed by atoms with Crippen LogP contribution in [0.15, 0.2) is 72.8 Å². The number of benzene rings is 2.